The number of anilines is 9. The summed E-state index contributed by atoms with van der Waals surface area (Å²) < 4.78 is 0. The Morgan fingerprint density at radius 3 is 1.67 bits per heavy atom. The molecule has 6 nitrogen and oxygen atoms in total. The largest absolute Gasteiger partial charge is 0.361 e. The van der Waals surface area contributed by atoms with Gasteiger partial charge in [0.1, 0.15) is 0 Å². The summed E-state index contributed by atoms with van der Waals surface area (Å²) in [5, 5.41) is 0. The van der Waals surface area contributed by atoms with Crippen LogP contribution in [0.2, 0.25) is 0 Å². The van der Waals surface area contributed by atoms with E-state index in [9.17, 15) is 0 Å². The molecule has 0 spiro atoms. The van der Waals surface area contributed by atoms with Crippen LogP contribution in [-0.4, -0.2) is 43.9 Å². The molecule has 0 saturated carbocycles. The van der Waals surface area contributed by atoms with E-state index < -0.39 is 0 Å². The number of benzene rings is 6. The van der Waals surface area contributed by atoms with E-state index in [1.54, 1.807) is 0 Å². The van der Waals surface area contributed by atoms with Crippen LogP contribution in [0.3, 0.4) is 0 Å². The monoisotopic (exact) mass is 676 g/mol. The van der Waals surface area contributed by atoms with Crippen LogP contribution in [0.5, 0.6) is 0 Å². The van der Waals surface area contributed by atoms with Crippen molar-refractivity contribution in [2.45, 2.75) is 19.4 Å². The molecule has 0 atom stereocenters. The van der Waals surface area contributed by atoms with E-state index in [0.717, 1.165) is 24.7 Å². The van der Waals surface area contributed by atoms with Crippen LogP contribution < -0.4 is 36.0 Å². The smallest absolute Gasteiger partial charge is 0.252 e. The summed E-state index contributed by atoms with van der Waals surface area (Å²) in [6.07, 6.45) is 4.34. The second kappa shape index (κ2) is 11.6. The molecule has 0 aliphatic carbocycles. The van der Waals surface area contributed by atoms with Crippen LogP contribution >= 0.6 is 0 Å². The molecule has 4 aliphatic rings. The SMILES string of the molecule is CN1C=CN(c2ccc3c(c2)B2c4cc(N5CN(C)C(C)(C)c6ccccc65)ccc4N(c4ccccc4)c4cccc(c42)N3c2ccccc2)C1. The van der Waals surface area contributed by atoms with Crippen LogP contribution in [0.4, 0.5) is 51.2 Å². The van der Waals surface area contributed by atoms with Gasteiger partial charge in [-0.3, -0.25) is 4.90 Å². The molecule has 0 bridgehead atoms. The molecule has 0 unspecified atom stereocenters. The Hall–Kier alpha value is -5.92. The Bertz CT molecular complexity index is 2360. The van der Waals surface area contributed by atoms with Gasteiger partial charge in [-0.25, -0.2) is 0 Å². The average molecular weight is 677 g/mol. The quantitative estimate of drug-likeness (QED) is 0.174. The van der Waals surface area contributed by atoms with E-state index in [-0.39, 0.29) is 12.3 Å². The zero-order valence-electron chi connectivity index (χ0n) is 30.1. The van der Waals surface area contributed by atoms with Crippen LogP contribution in [0.15, 0.2) is 152 Å². The molecular formula is C45H41BN6. The van der Waals surface area contributed by atoms with Gasteiger partial charge >= 0.3 is 0 Å². The Morgan fingerprint density at radius 2 is 1.06 bits per heavy atom. The van der Waals surface area contributed by atoms with Gasteiger partial charge in [-0.2, -0.15) is 0 Å². The van der Waals surface area contributed by atoms with Crippen molar-refractivity contribution < 1.29 is 0 Å². The molecule has 7 heteroatoms. The highest BCUT2D eigenvalue weighted by molar-refractivity contribution is 7.00. The first-order valence-electron chi connectivity index (χ1n) is 18.2. The number of rotatable bonds is 4. The molecule has 4 heterocycles. The van der Waals surface area contributed by atoms with Gasteiger partial charge in [0.05, 0.1) is 13.3 Å². The van der Waals surface area contributed by atoms with Crippen molar-refractivity contribution in [2.75, 3.05) is 47.0 Å². The van der Waals surface area contributed by atoms with Crippen LogP contribution in [-0.2, 0) is 5.54 Å². The molecule has 10 rings (SSSR count). The van der Waals surface area contributed by atoms with Crippen LogP contribution in [0.1, 0.15) is 19.4 Å². The number of hydrogen-bond acceptors (Lipinski definition) is 6. The Morgan fingerprint density at radius 1 is 0.500 bits per heavy atom. The summed E-state index contributed by atoms with van der Waals surface area (Å²) in [4.78, 5) is 14.5. The molecule has 0 amide bonds. The predicted molar refractivity (Wildman–Crippen MR) is 219 cm³/mol. The first kappa shape index (κ1) is 30.9. The third-order valence-electron chi connectivity index (χ3n) is 11.7. The lowest BCUT2D eigenvalue weighted by Gasteiger charge is -2.48. The third-order valence-corrected chi connectivity index (χ3v) is 11.7. The third kappa shape index (κ3) is 4.55. The van der Waals surface area contributed by atoms with Crippen molar-refractivity contribution in [3.63, 3.8) is 0 Å². The molecule has 4 aliphatic heterocycles. The highest BCUT2D eigenvalue weighted by atomic mass is 15.4. The zero-order valence-corrected chi connectivity index (χ0v) is 30.1. The van der Waals surface area contributed by atoms with Gasteiger partial charge in [-0.1, -0.05) is 60.7 Å². The predicted octanol–water partition coefficient (Wildman–Crippen LogP) is 8.23. The molecule has 0 radical (unpaired) electrons. The minimum atomic E-state index is -0.0725. The lowest BCUT2D eigenvalue weighted by atomic mass is 9.33. The van der Waals surface area contributed by atoms with Crippen molar-refractivity contribution in [1.82, 2.24) is 9.80 Å². The Kier molecular flexibility index (Phi) is 6.86. The number of para-hydroxylation sites is 3. The Balaban J connectivity index is 1.24. The molecule has 6 aromatic carbocycles. The van der Waals surface area contributed by atoms with Crippen molar-refractivity contribution in [2.24, 2.45) is 0 Å². The van der Waals surface area contributed by atoms with Gasteiger partial charge < -0.3 is 24.5 Å². The van der Waals surface area contributed by atoms with Gasteiger partial charge in [0.15, 0.2) is 0 Å². The molecular weight excluding hydrogens is 635 g/mol. The topological polar surface area (TPSA) is 19.4 Å². The first-order chi connectivity index (χ1) is 25.4. The summed E-state index contributed by atoms with van der Waals surface area (Å²) >= 11 is 0. The second-order valence-electron chi connectivity index (χ2n) is 15.0. The second-order valence-corrected chi connectivity index (χ2v) is 15.0. The maximum absolute atomic E-state index is 2.50. The molecule has 254 valence electrons. The molecule has 52 heavy (non-hydrogen) atoms. The van der Waals surface area contributed by atoms with Gasteiger partial charge in [0.25, 0.3) is 6.71 Å². The van der Waals surface area contributed by atoms with E-state index in [0.29, 0.717) is 0 Å². The van der Waals surface area contributed by atoms with Crippen LogP contribution in [0.25, 0.3) is 0 Å². The number of fused-ring (bicyclic) bond motifs is 5. The van der Waals surface area contributed by atoms with Crippen molar-refractivity contribution >= 4 is 74.3 Å². The van der Waals surface area contributed by atoms with E-state index in [4.69, 9.17) is 0 Å². The van der Waals surface area contributed by atoms with Gasteiger partial charge in [-0.15, -0.1) is 0 Å². The van der Waals surface area contributed by atoms with Gasteiger partial charge in [0.2, 0.25) is 0 Å². The maximum atomic E-state index is 2.50. The van der Waals surface area contributed by atoms with Crippen molar-refractivity contribution in [3.8, 4) is 0 Å². The highest BCUT2D eigenvalue weighted by Gasteiger charge is 2.44. The summed E-state index contributed by atoms with van der Waals surface area (Å²) in [5.74, 6) is 0. The molecule has 6 aromatic rings. The standard InChI is InChI=1S/C45H41BN6/c1-45(2)36-18-11-12-19-39(36)50(31-48(45)4)35-23-25-41-38(29-35)46-37-28-34(49-27-26-47(3)30-49)22-24-40(37)51(32-14-7-5-8-15-32)42-20-13-21-43(44(42)46)52(41)33-16-9-6-10-17-33/h5-29H,30-31H2,1-4H3. The summed E-state index contributed by atoms with van der Waals surface area (Å²) in [7, 11) is 4.37. The molecule has 0 aromatic heterocycles. The molecule has 0 N–H and O–H groups in total. The average Bonchev–Trinajstić information content (AvgIpc) is 3.62. The van der Waals surface area contributed by atoms with Crippen molar-refractivity contribution in [3.05, 3.63) is 157 Å². The summed E-state index contributed by atoms with van der Waals surface area (Å²) in [6, 6.07) is 51.7. The molecule has 0 saturated heterocycles. The fourth-order valence-electron chi connectivity index (χ4n) is 8.79. The lowest BCUT2D eigenvalue weighted by Crippen LogP contribution is -2.61. The first-order valence-corrected chi connectivity index (χ1v) is 18.2. The number of nitrogens with zero attached hydrogens (tertiary/aromatic N) is 6. The van der Waals surface area contributed by atoms with E-state index >= 15 is 0 Å². The van der Waals surface area contributed by atoms with Crippen LogP contribution in [0, 0.1) is 0 Å². The van der Waals surface area contributed by atoms with Gasteiger partial charge in [-0.05, 0) is 122 Å². The fourth-order valence-corrected chi connectivity index (χ4v) is 8.79. The normalized spacial score (nSPS) is 16.8. The Labute approximate surface area is 307 Å². The summed E-state index contributed by atoms with van der Waals surface area (Å²) in [6.45, 7) is 6.31. The minimum absolute atomic E-state index is 0.0227. The van der Waals surface area contributed by atoms with E-state index in [2.05, 4.69) is 209 Å². The number of hydrogen-bond donors (Lipinski definition) is 0. The van der Waals surface area contributed by atoms with Gasteiger partial charge in [0, 0.05) is 76.2 Å². The molecule has 0 fully saturated rings. The lowest BCUT2D eigenvalue weighted by molar-refractivity contribution is 0.150. The minimum Gasteiger partial charge on any atom is -0.361 e. The van der Waals surface area contributed by atoms with Crippen molar-refractivity contribution in [1.29, 1.82) is 0 Å². The highest BCUT2D eigenvalue weighted by Crippen LogP contribution is 2.46. The van der Waals surface area contributed by atoms with E-state index in [1.165, 1.54) is 61.8 Å². The zero-order chi connectivity index (χ0) is 35.1. The van der Waals surface area contributed by atoms with E-state index in [1.807, 2.05) is 0 Å². The fraction of sp³-hybridized carbons (Fsp3) is 0.156. The summed E-state index contributed by atoms with van der Waals surface area (Å²) in [5.41, 5.74) is 16.1. The maximum Gasteiger partial charge on any atom is 0.252 e.